The molecule has 0 aliphatic rings. The summed E-state index contributed by atoms with van der Waals surface area (Å²) in [6.45, 7) is 3.33. The third-order valence-corrected chi connectivity index (χ3v) is 3.54. The zero-order chi connectivity index (χ0) is 14.5. The van der Waals surface area contributed by atoms with Gasteiger partial charge < -0.3 is 4.74 Å². The molecule has 1 rings (SSSR count). The molecule has 0 fully saturated rings. The van der Waals surface area contributed by atoms with Gasteiger partial charge in [-0.05, 0) is 19.4 Å². The van der Waals surface area contributed by atoms with Crippen molar-refractivity contribution in [1.82, 2.24) is 4.31 Å². The minimum Gasteiger partial charge on any atom is -0.462 e. The Morgan fingerprint density at radius 1 is 1.26 bits per heavy atom. The molecule has 0 atom stereocenters. The van der Waals surface area contributed by atoms with Crippen LogP contribution in [-0.2, 0) is 26.1 Å². The second-order valence-electron chi connectivity index (χ2n) is 4.56. The summed E-state index contributed by atoms with van der Waals surface area (Å²) in [5.41, 5.74) is 0.824. The SMILES string of the molecule is CC(C)OC(=O)CN(Cc1ccccc1)S(C)(=O)=O. The smallest absolute Gasteiger partial charge is 0.321 e. The number of esters is 1. The van der Waals surface area contributed by atoms with Gasteiger partial charge in [-0.3, -0.25) is 4.79 Å². The quantitative estimate of drug-likeness (QED) is 0.741. The summed E-state index contributed by atoms with van der Waals surface area (Å²) >= 11 is 0. The van der Waals surface area contributed by atoms with Crippen molar-refractivity contribution in [3.63, 3.8) is 0 Å². The van der Waals surface area contributed by atoms with E-state index in [1.807, 2.05) is 30.3 Å². The molecule has 0 radical (unpaired) electrons. The average molecular weight is 285 g/mol. The number of benzene rings is 1. The number of hydrogen-bond acceptors (Lipinski definition) is 4. The lowest BCUT2D eigenvalue weighted by Gasteiger charge is -2.19. The van der Waals surface area contributed by atoms with Crippen LogP contribution in [0.15, 0.2) is 30.3 Å². The number of ether oxygens (including phenoxy) is 1. The first kappa shape index (κ1) is 15.7. The molecule has 19 heavy (non-hydrogen) atoms. The van der Waals surface area contributed by atoms with Gasteiger partial charge >= 0.3 is 5.97 Å². The number of carbonyl (C=O) groups excluding carboxylic acids is 1. The van der Waals surface area contributed by atoms with Crippen LogP contribution in [0.3, 0.4) is 0 Å². The van der Waals surface area contributed by atoms with Crippen molar-refractivity contribution in [2.24, 2.45) is 0 Å². The van der Waals surface area contributed by atoms with Crippen LogP contribution in [0.2, 0.25) is 0 Å². The van der Waals surface area contributed by atoms with Gasteiger partial charge in [0.25, 0.3) is 0 Å². The predicted octanol–water partition coefficient (Wildman–Crippen LogP) is 1.40. The summed E-state index contributed by atoms with van der Waals surface area (Å²) in [5, 5.41) is 0. The maximum atomic E-state index is 11.7. The minimum absolute atomic E-state index is 0.160. The first-order valence-electron chi connectivity index (χ1n) is 5.97. The van der Waals surface area contributed by atoms with Gasteiger partial charge in [-0.15, -0.1) is 0 Å². The number of carbonyl (C=O) groups is 1. The topological polar surface area (TPSA) is 63.7 Å². The van der Waals surface area contributed by atoms with Crippen LogP contribution in [0, 0.1) is 0 Å². The highest BCUT2D eigenvalue weighted by Gasteiger charge is 2.21. The second kappa shape index (κ2) is 6.68. The van der Waals surface area contributed by atoms with Gasteiger partial charge in [-0.2, -0.15) is 4.31 Å². The molecular formula is C13H19NO4S. The Balaban J connectivity index is 2.77. The van der Waals surface area contributed by atoms with E-state index in [-0.39, 0.29) is 19.2 Å². The molecule has 0 aliphatic carbocycles. The van der Waals surface area contributed by atoms with Crippen LogP contribution in [0.1, 0.15) is 19.4 Å². The van der Waals surface area contributed by atoms with Gasteiger partial charge in [0.15, 0.2) is 0 Å². The number of hydrogen-bond donors (Lipinski definition) is 0. The van der Waals surface area contributed by atoms with Crippen LogP contribution in [0.25, 0.3) is 0 Å². The Morgan fingerprint density at radius 2 is 1.84 bits per heavy atom. The van der Waals surface area contributed by atoms with Gasteiger partial charge in [0.1, 0.15) is 6.54 Å². The Labute approximate surface area is 114 Å². The molecule has 0 aromatic heterocycles. The summed E-state index contributed by atoms with van der Waals surface area (Å²) in [7, 11) is -3.46. The van der Waals surface area contributed by atoms with Gasteiger partial charge in [0.2, 0.25) is 10.0 Å². The second-order valence-corrected chi connectivity index (χ2v) is 6.54. The lowest BCUT2D eigenvalue weighted by atomic mass is 10.2. The maximum absolute atomic E-state index is 11.7. The summed E-state index contributed by atoms with van der Waals surface area (Å²) in [6.07, 6.45) is 0.823. The van der Waals surface area contributed by atoms with Gasteiger partial charge in [-0.1, -0.05) is 30.3 Å². The fraction of sp³-hybridized carbons (Fsp3) is 0.462. The van der Waals surface area contributed by atoms with E-state index in [4.69, 9.17) is 4.74 Å². The van der Waals surface area contributed by atoms with Gasteiger partial charge in [0, 0.05) is 6.54 Å². The molecular weight excluding hydrogens is 266 g/mol. The minimum atomic E-state index is -3.46. The molecule has 1 aromatic rings. The highest BCUT2D eigenvalue weighted by molar-refractivity contribution is 7.88. The first-order chi connectivity index (χ1) is 8.79. The first-order valence-corrected chi connectivity index (χ1v) is 7.82. The molecule has 0 heterocycles. The van der Waals surface area contributed by atoms with Crippen molar-refractivity contribution >= 4 is 16.0 Å². The van der Waals surface area contributed by atoms with Crippen molar-refractivity contribution in [3.05, 3.63) is 35.9 Å². The predicted molar refractivity (Wildman–Crippen MR) is 72.9 cm³/mol. The molecule has 0 N–H and O–H groups in total. The van der Waals surface area contributed by atoms with Crippen molar-refractivity contribution in [1.29, 1.82) is 0 Å². The maximum Gasteiger partial charge on any atom is 0.321 e. The van der Waals surface area contributed by atoms with Crippen molar-refractivity contribution < 1.29 is 17.9 Å². The molecule has 106 valence electrons. The third kappa shape index (κ3) is 5.85. The summed E-state index contributed by atoms with van der Waals surface area (Å²) in [4.78, 5) is 11.6. The Bertz CT molecular complexity index is 511. The van der Waals surface area contributed by atoms with Crippen LogP contribution < -0.4 is 0 Å². The van der Waals surface area contributed by atoms with Crippen molar-refractivity contribution in [2.75, 3.05) is 12.8 Å². The molecule has 0 saturated heterocycles. The highest BCUT2D eigenvalue weighted by atomic mass is 32.2. The molecule has 0 aliphatic heterocycles. The Morgan fingerprint density at radius 3 is 2.32 bits per heavy atom. The zero-order valence-corrected chi connectivity index (χ0v) is 12.2. The van der Waals surface area contributed by atoms with E-state index in [1.165, 1.54) is 0 Å². The van der Waals surface area contributed by atoms with E-state index in [0.29, 0.717) is 0 Å². The molecule has 0 bridgehead atoms. The average Bonchev–Trinajstić information content (AvgIpc) is 2.27. The summed E-state index contributed by atoms with van der Waals surface area (Å²) < 4.78 is 29.4. The lowest BCUT2D eigenvalue weighted by molar-refractivity contribution is -0.147. The van der Waals surface area contributed by atoms with Crippen LogP contribution in [0.4, 0.5) is 0 Å². The fourth-order valence-electron chi connectivity index (χ4n) is 1.52. The van der Waals surface area contributed by atoms with Crippen molar-refractivity contribution in [3.8, 4) is 0 Å². The molecule has 0 amide bonds. The van der Waals surface area contributed by atoms with E-state index in [0.717, 1.165) is 16.1 Å². The van der Waals surface area contributed by atoms with E-state index < -0.39 is 16.0 Å². The monoisotopic (exact) mass is 285 g/mol. The van der Waals surface area contributed by atoms with Crippen LogP contribution in [-0.4, -0.2) is 37.6 Å². The van der Waals surface area contributed by atoms with Gasteiger partial charge in [-0.25, -0.2) is 8.42 Å². The molecule has 0 unspecified atom stereocenters. The lowest BCUT2D eigenvalue weighted by Crippen LogP contribution is -2.35. The van der Waals surface area contributed by atoms with Crippen molar-refractivity contribution in [2.45, 2.75) is 26.5 Å². The molecule has 0 saturated carbocycles. The molecule has 6 heteroatoms. The van der Waals surface area contributed by atoms with E-state index in [9.17, 15) is 13.2 Å². The number of sulfonamides is 1. The van der Waals surface area contributed by atoms with Gasteiger partial charge in [0.05, 0.1) is 12.4 Å². The Hall–Kier alpha value is -1.40. The number of rotatable bonds is 6. The zero-order valence-electron chi connectivity index (χ0n) is 11.4. The standard InChI is InChI=1S/C13H19NO4S/c1-11(2)18-13(15)10-14(19(3,16)17)9-12-7-5-4-6-8-12/h4-8,11H,9-10H2,1-3H3. The molecule has 5 nitrogen and oxygen atoms in total. The van der Waals surface area contributed by atoms with E-state index >= 15 is 0 Å². The summed E-state index contributed by atoms with van der Waals surface area (Å²) in [6, 6.07) is 9.11. The van der Waals surface area contributed by atoms with E-state index in [1.54, 1.807) is 13.8 Å². The number of nitrogens with zero attached hydrogens (tertiary/aromatic N) is 1. The van der Waals surface area contributed by atoms with Crippen LogP contribution in [0.5, 0.6) is 0 Å². The largest absolute Gasteiger partial charge is 0.462 e. The molecule has 1 aromatic carbocycles. The third-order valence-electron chi connectivity index (χ3n) is 2.34. The molecule has 0 spiro atoms. The highest BCUT2D eigenvalue weighted by Crippen LogP contribution is 2.08. The fourth-order valence-corrected chi connectivity index (χ4v) is 2.25. The normalized spacial score (nSPS) is 11.8. The summed E-state index contributed by atoms with van der Waals surface area (Å²) in [5.74, 6) is -0.545. The Kier molecular flexibility index (Phi) is 5.50. The van der Waals surface area contributed by atoms with Crippen LogP contribution >= 0.6 is 0 Å². The van der Waals surface area contributed by atoms with E-state index in [2.05, 4.69) is 0 Å².